The largest absolute Gasteiger partial charge is 0.327 e. The third-order valence-electron chi connectivity index (χ3n) is 3.14. The Hall–Kier alpha value is -0.470. The first-order chi connectivity index (χ1) is 8.83. The molecule has 0 spiro atoms. The lowest BCUT2D eigenvalue weighted by Crippen LogP contribution is -2.22. The van der Waals surface area contributed by atoms with Crippen LogP contribution in [0.4, 0.5) is 0 Å². The summed E-state index contributed by atoms with van der Waals surface area (Å²) in [5.41, 5.74) is 6.14. The second-order valence-corrected chi connectivity index (χ2v) is 6.03. The van der Waals surface area contributed by atoms with Crippen molar-refractivity contribution in [3.05, 3.63) is 30.3 Å². The predicted octanol–water partition coefficient (Wildman–Crippen LogP) is 4.86. The Morgan fingerprint density at radius 3 is 2.39 bits per heavy atom. The van der Waals surface area contributed by atoms with E-state index in [1.165, 1.54) is 49.8 Å². The maximum atomic E-state index is 6.14. The number of hydrogen-bond donors (Lipinski definition) is 1. The van der Waals surface area contributed by atoms with E-state index in [2.05, 4.69) is 37.3 Å². The summed E-state index contributed by atoms with van der Waals surface area (Å²) in [4.78, 5) is 1.33. The molecule has 0 heterocycles. The summed E-state index contributed by atoms with van der Waals surface area (Å²) in [5.74, 6) is 1.04. The van der Waals surface area contributed by atoms with Gasteiger partial charge in [0, 0.05) is 16.7 Å². The van der Waals surface area contributed by atoms with Gasteiger partial charge in [0.1, 0.15) is 0 Å². The zero-order valence-electron chi connectivity index (χ0n) is 11.6. The van der Waals surface area contributed by atoms with E-state index in [1.54, 1.807) is 0 Å². The second kappa shape index (κ2) is 10.5. The standard InChI is InChI=1S/C16H27NS/c1-2-3-4-5-6-8-11-15(17)14-18-16-12-9-7-10-13-16/h7,9-10,12-13,15H,2-6,8,11,14,17H2,1H3. The summed E-state index contributed by atoms with van der Waals surface area (Å²) in [6, 6.07) is 10.9. The lowest BCUT2D eigenvalue weighted by molar-refractivity contribution is 0.557. The highest BCUT2D eigenvalue weighted by atomic mass is 32.2. The van der Waals surface area contributed by atoms with Crippen LogP contribution in [0.5, 0.6) is 0 Å². The number of hydrogen-bond acceptors (Lipinski definition) is 2. The van der Waals surface area contributed by atoms with E-state index >= 15 is 0 Å². The summed E-state index contributed by atoms with van der Waals surface area (Å²) < 4.78 is 0. The van der Waals surface area contributed by atoms with Gasteiger partial charge in [-0.05, 0) is 18.6 Å². The fourth-order valence-electron chi connectivity index (χ4n) is 1.99. The average Bonchev–Trinajstić information content (AvgIpc) is 2.41. The summed E-state index contributed by atoms with van der Waals surface area (Å²) in [6.07, 6.45) is 9.30. The number of rotatable bonds is 10. The molecular weight excluding hydrogens is 238 g/mol. The first-order valence-electron chi connectivity index (χ1n) is 7.26. The molecule has 1 atom stereocenters. The molecule has 1 aromatic rings. The van der Waals surface area contributed by atoms with Crippen LogP contribution in [0.3, 0.4) is 0 Å². The minimum atomic E-state index is 0.349. The smallest absolute Gasteiger partial charge is 0.0133 e. The van der Waals surface area contributed by atoms with Crippen LogP contribution in [0.15, 0.2) is 35.2 Å². The summed E-state index contributed by atoms with van der Waals surface area (Å²) in [7, 11) is 0. The monoisotopic (exact) mass is 265 g/mol. The SMILES string of the molecule is CCCCCCCCC(N)CSc1ccccc1. The summed E-state index contributed by atoms with van der Waals surface area (Å²) >= 11 is 1.88. The topological polar surface area (TPSA) is 26.0 Å². The van der Waals surface area contributed by atoms with E-state index in [0.717, 1.165) is 5.75 Å². The molecule has 0 amide bonds. The molecule has 0 aliphatic carbocycles. The van der Waals surface area contributed by atoms with E-state index < -0.39 is 0 Å². The van der Waals surface area contributed by atoms with E-state index in [0.29, 0.717) is 6.04 Å². The Morgan fingerprint density at radius 1 is 1.00 bits per heavy atom. The van der Waals surface area contributed by atoms with Gasteiger partial charge in [0.15, 0.2) is 0 Å². The summed E-state index contributed by atoms with van der Waals surface area (Å²) in [5, 5.41) is 0. The molecule has 0 saturated heterocycles. The van der Waals surface area contributed by atoms with Crippen molar-refractivity contribution >= 4 is 11.8 Å². The van der Waals surface area contributed by atoms with E-state index in [1.807, 2.05) is 11.8 Å². The van der Waals surface area contributed by atoms with Crippen LogP contribution in [0.25, 0.3) is 0 Å². The Kier molecular flexibility index (Phi) is 9.05. The Morgan fingerprint density at radius 2 is 1.67 bits per heavy atom. The molecule has 2 heteroatoms. The van der Waals surface area contributed by atoms with Gasteiger partial charge in [0.05, 0.1) is 0 Å². The zero-order valence-corrected chi connectivity index (χ0v) is 12.4. The van der Waals surface area contributed by atoms with Crippen LogP contribution >= 0.6 is 11.8 Å². The number of unbranched alkanes of at least 4 members (excludes halogenated alkanes) is 5. The molecule has 0 bridgehead atoms. The van der Waals surface area contributed by atoms with Crippen molar-refractivity contribution < 1.29 is 0 Å². The van der Waals surface area contributed by atoms with Gasteiger partial charge in [-0.3, -0.25) is 0 Å². The van der Waals surface area contributed by atoms with Crippen LogP contribution in [0, 0.1) is 0 Å². The molecule has 1 unspecified atom stereocenters. The van der Waals surface area contributed by atoms with Gasteiger partial charge < -0.3 is 5.73 Å². The number of nitrogens with two attached hydrogens (primary N) is 1. The van der Waals surface area contributed by atoms with Gasteiger partial charge in [-0.2, -0.15) is 0 Å². The molecule has 102 valence electrons. The normalized spacial score (nSPS) is 12.6. The maximum Gasteiger partial charge on any atom is 0.0133 e. The fraction of sp³-hybridized carbons (Fsp3) is 0.625. The van der Waals surface area contributed by atoms with Gasteiger partial charge in [-0.25, -0.2) is 0 Å². The molecule has 1 rings (SSSR count). The van der Waals surface area contributed by atoms with Gasteiger partial charge in [-0.15, -0.1) is 11.8 Å². The van der Waals surface area contributed by atoms with Crippen molar-refractivity contribution in [1.82, 2.24) is 0 Å². The summed E-state index contributed by atoms with van der Waals surface area (Å²) in [6.45, 7) is 2.26. The van der Waals surface area contributed by atoms with Crippen LogP contribution in [0.2, 0.25) is 0 Å². The third kappa shape index (κ3) is 7.78. The third-order valence-corrected chi connectivity index (χ3v) is 4.34. The fourth-order valence-corrected chi connectivity index (χ4v) is 2.91. The van der Waals surface area contributed by atoms with Crippen molar-refractivity contribution in [2.24, 2.45) is 5.73 Å². The molecule has 0 saturated carbocycles. The highest BCUT2D eigenvalue weighted by Crippen LogP contribution is 2.19. The second-order valence-electron chi connectivity index (χ2n) is 4.94. The zero-order chi connectivity index (χ0) is 13.1. The van der Waals surface area contributed by atoms with E-state index in [9.17, 15) is 0 Å². The van der Waals surface area contributed by atoms with Gasteiger partial charge in [0.2, 0.25) is 0 Å². The van der Waals surface area contributed by atoms with Crippen molar-refractivity contribution in [3.63, 3.8) is 0 Å². The molecule has 2 N–H and O–H groups in total. The first kappa shape index (κ1) is 15.6. The molecule has 0 fully saturated rings. The lowest BCUT2D eigenvalue weighted by atomic mass is 10.1. The molecular formula is C16H27NS. The average molecular weight is 265 g/mol. The Balaban J connectivity index is 1.99. The molecule has 0 aliphatic heterocycles. The lowest BCUT2D eigenvalue weighted by Gasteiger charge is -2.11. The van der Waals surface area contributed by atoms with Crippen molar-refractivity contribution in [3.8, 4) is 0 Å². The van der Waals surface area contributed by atoms with Gasteiger partial charge in [0.25, 0.3) is 0 Å². The maximum absolute atomic E-state index is 6.14. The van der Waals surface area contributed by atoms with E-state index in [4.69, 9.17) is 5.73 Å². The molecule has 0 radical (unpaired) electrons. The Bertz CT molecular complexity index is 286. The molecule has 1 aromatic carbocycles. The van der Waals surface area contributed by atoms with Crippen LogP contribution < -0.4 is 5.73 Å². The highest BCUT2D eigenvalue weighted by molar-refractivity contribution is 7.99. The Labute approximate surface area is 117 Å². The van der Waals surface area contributed by atoms with Gasteiger partial charge >= 0.3 is 0 Å². The minimum Gasteiger partial charge on any atom is -0.327 e. The first-order valence-corrected chi connectivity index (χ1v) is 8.25. The number of benzene rings is 1. The van der Waals surface area contributed by atoms with E-state index in [-0.39, 0.29) is 0 Å². The molecule has 18 heavy (non-hydrogen) atoms. The van der Waals surface area contributed by atoms with Crippen LogP contribution in [-0.4, -0.2) is 11.8 Å². The predicted molar refractivity (Wildman–Crippen MR) is 83.1 cm³/mol. The highest BCUT2D eigenvalue weighted by Gasteiger charge is 2.03. The quantitative estimate of drug-likeness (QED) is 0.483. The molecule has 1 nitrogen and oxygen atoms in total. The van der Waals surface area contributed by atoms with Crippen molar-refractivity contribution in [2.45, 2.75) is 62.8 Å². The van der Waals surface area contributed by atoms with Gasteiger partial charge in [-0.1, -0.05) is 63.6 Å². The van der Waals surface area contributed by atoms with Crippen molar-refractivity contribution in [1.29, 1.82) is 0 Å². The number of thioether (sulfide) groups is 1. The molecule has 0 aliphatic rings. The van der Waals surface area contributed by atoms with Crippen molar-refractivity contribution in [2.75, 3.05) is 5.75 Å². The van der Waals surface area contributed by atoms with Crippen LogP contribution in [-0.2, 0) is 0 Å². The minimum absolute atomic E-state index is 0.349. The molecule has 0 aromatic heterocycles. The van der Waals surface area contributed by atoms with Crippen LogP contribution in [0.1, 0.15) is 51.9 Å².